The van der Waals surface area contributed by atoms with Gasteiger partial charge < -0.3 is 15.5 Å². The number of carbonyl (C=O) groups is 1. The summed E-state index contributed by atoms with van der Waals surface area (Å²) in [4.78, 5) is 15.9. The topological polar surface area (TPSA) is 49.6 Å². The molecular weight excluding hydrogens is 257 g/mol. The smallest absolute Gasteiger partial charge is 0.223 e. The van der Waals surface area contributed by atoms with Gasteiger partial charge >= 0.3 is 0 Å². The SMILES string of the molecule is C[C@@H](N)c1cc(F)ccc1N1CCN2C(=O)CCC2C1. The molecule has 2 fully saturated rings. The minimum Gasteiger partial charge on any atom is -0.367 e. The highest BCUT2D eigenvalue weighted by Crippen LogP contribution is 2.31. The molecule has 2 atom stereocenters. The van der Waals surface area contributed by atoms with Crippen LogP contribution in [-0.4, -0.2) is 36.5 Å². The Morgan fingerprint density at radius 3 is 2.95 bits per heavy atom. The number of piperazine rings is 1. The Bertz CT molecular complexity index is 532. The van der Waals surface area contributed by atoms with E-state index in [1.807, 2.05) is 11.8 Å². The molecule has 2 saturated heterocycles. The standard InChI is InChI=1S/C15H20FN3O/c1-10(17)13-8-11(16)2-4-14(13)18-6-7-19-12(9-18)3-5-15(19)20/h2,4,8,10,12H,3,5-7,9,17H2,1H3/t10-,12?/m1/s1. The minimum absolute atomic E-state index is 0.205. The van der Waals surface area contributed by atoms with Gasteiger partial charge in [0.1, 0.15) is 5.82 Å². The molecule has 1 unspecified atom stereocenters. The normalized spacial score (nSPS) is 23.9. The lowest BCUT2D eigenvalue weighted by molar-refractivity contribution is -0.129. The van der Waals surface area contributed by atoms with Gasteiger partial charge in [-0.25, -0.2) is 4.39 Å². The fourth-order valence-corrected chi connectivity index (χ4v) is 3.26. The van der Waals surface area contributed by atoms with Crippen molar-refractivity contribution in [2.45, 2.75) is 31.8 Å². The first kappa shape index (κ1) is 13.4. The maximum absolute atomic E-state index is 13.4. The van der Waals surface area contributed by atoms with E-state index in [-0.39, 0.29) is 17.8 Å². The quantitative estimate of drug-likeness (QED) is 0.894. The Hall–Kier alpha value is -1.62. The largest absolute Gasteiger partial charge is 0.367 e. The Morgan fingerprint density at radius 2 is 2.20 bits per heavy atom. The van der Waals surface area contributed by atoms with E-state index < -0.39 is 0 Å². The second kappa shape index (κ2) is 5.05. The molecule has 2 aliphatic heterocycles. The minimum atomic E-state index is -0.254. The summed E-state index contributed by atoms with van der Waals surface area (Å²) < 4.78 is 13.4. The summed E-state index contributed by atoms with van der Waals surface area (Å²) in [6.07, 6.45) is 1.58. The lowest BCUT2D eigenvalue weighted by atomic mass is 10.0. The van der Waals surface area contributed by atoms with Crippen LogP contribution in [0.5, 0.6) is 0 Å². The summed E-state index contributed by atoms with van der Waals surface area (Å²) >= 11 is 0. The molecule has 2 aliphatic rings. The van der Waals surface area contributed by atoms with Crippen LogP contribution in [0.1, 0.15) is 31.4 Å². The monoisotopic (exact) mass is 277 g/mol. The molecule has 1 amide bonds. The summed E-state index contributed by atoms with van der Waals surface area (Å²) in [7, 11) is 0. The van der Waals surface area contributed by atoms with Crippen LogP contribution >= 0.6 is 0 Å². The zero-order chi connectivity index (χ0) is 14.3. The van der Waals surface area contributed by atoms with Gasteiger partial charge in [0.2, 0.25) is 5.91 Å². The second-order valence-corrected chi connectivity index (χ2v) is 5.72. The van der Waals surface area contributed by atoms with Crippen LogP contribution < -0.4 is 10.6 Å². The molecule has 4 nitrogen and oxygen atoms in total. The van der Waals surface area contributed by atoms with Gasteiger partial charge in [-0.2, -0.15) is 0 Å². The van der Waals surface area contributed by atoms with E-state index in [2.05, 4.69) is 4.90 Å². The zero-order valence-corrected chi connectivity index (χ0v) is 11.7. The third-order valence-electron chi connectivity index (χ3n) is 4.32. The molecule has 0 radical (unpaired) electrons. The molecule has 2 heterocycles. The van der Waals surface area contributed by atoms with Crippen molar-refractivity contribution in [2.75, 3.05) is 24.5 Å². The molecule has 0 bridgehead atoms. The van der Waals surface area contributed by atoms with E-state index in [0.29, 0.717) is 12.5 Å². The van der Waals surface area contributed by atoms with Crippen molar-refractivity contribution in [3.63, 3.8) is 0 Å². The summed E-state index contributed by atoms with van der Waals surface area (Å²) in [5.74, 6) is 0.0110. The van der Waals surface area contributed by atoms with Crippen LogP contribution in [0.4, 0.5) is 10.1 Å². The number of carbonyl (C=O) groups excluding carboxylic acids is 1. The first-order valence-electron chi connectivity index (χ1n) is 7.15. The molecule has 0 spiro atoms. The zero-order valence-electron chi connectivity index (χ0n) is 11.7. The van der Waals surface area contributed by atoms with E-state index in [0.717, 1.165) is 37.3 Å². The van der Waals surface area contributed by atoms with Crippen LogP contribution in [0.15, 0.2) is 18.2 Å². The van der Waals surface area contributed by atoms with Gasteiger partial charge in [0, 0.05) is 43.8 Å². The summed E-state index contributed by atoms with van der Waals surface area (Å²) in [5.41, 5.74) is 7.80. The highest BCUT2D eigenvalue weighted by Gasteiger charge is 2.36. The van der Waals surface area contributed by atoms with Gasteiger partial charge in [0.15, 0.2) is 0 Å². The maximum atomic E-state index is 13.4. The molecule has 1 aromatic rings. The van der Waals surface area contributed by atoms with Crippen molar-refractivity contribution in [3.05, 3.63) is 29.6 Å². The number of benzene rings is 1. The summed E-state index contributed by atoms with van der Waals surface area (Å²) in [6.45, 7) is 4.22. The van der Waals surface area contributed by atoms with Crippen molar-refractivity contribution < 1.29 is 9.18 Å². The lowest BCUT2D eigenvalue weighted by Gasteiger charge is -2.40. The predicted octanol–water partition coefficient (Wildman–Crippen LogP) is 1.66. The van der Waals surface area contributed by atoms with Crippen molar-refractivity contribution in [2.24, 2.45) is 5.73 Å². The molecule has 2 N–H and O–H groups in total. The van der Waals surface area contributed by atoms with Crippen LogP contribution in [0, 0.1) is 5.82 Å². The Labute approximate surface area is 118 Å². The summed E-state index contributed by atoms with van der Waals surface area (Å²) in [5, 5.41) is 0. The van der Waals surface area contributed by atoms with Crippen molar-refractivity contribution in [3.8, 4) is 0 Å². The molecule has 0 saturated carbocycles. The molecule has 1 aromatic carbocycles. The highest BCUT2D eigenvalue weighted by molar-refractivity contribution is 5.79. The van der Waals surface area contributed by atoms with Crippen LogP contribution in [0.25, 0.3) is 0 Å². The Kier molecular flexibility index (Phi) is 3.38. The van der Waals surface area contributed by atoms with Gasteiger partial charge in [-0.1, -0.05) is 0 Å². The van der Waals surface area contributed by atoms with Gasteiger partial charge in [-0.15, -0.1) is 0 Å². The van der Waals surface area contributed by atoms with Gasteiger partial charge in [-0.3, -0.25) is 4.79 Å². The third kappa shape index (κ3) is 2.26. The molecular formula is C15H20FN3O. The number of anilines is 1. The molecule has 0 aliphatic carbocycles. The number of hydrogen-bond donors (Lipinski definition) is 1. The Balaban J connectivity index is 1.85. The van der Waals surface area contributed by atoms with E-state index in [1.54, 1.807) is 6.07 Å². The number of halogens is 1. The lowest BCUT2D eigenvalue weighted by Crippen LogP contribution is -2.51. The number of nitrogens with two attached hydrogens (primary N) is 1. The fourth-order valence-electron chi connectivity index (χ4n) is 3.26. The highest BCUT2D eigenvalue weighted by atomic mass is 19.1. The van der Waals surface area contributed by atoms with Crippen LogP contribution in [-0.2, 0) is 4.79 Å². The van der Waals surface area contributed by atoms with Gasteiger partial charge in [-0.05, 0) is 37.1 Å². The third-order valence-corrected chi connectivity index (χ3v) is 4.32. The van der Waals surface area contributed by atoms with E-state index >= 15 is 0 Å². The maximum Gasteiger partial charge on any atom is 0.223 e. The van der Waals surface area contributed by atoms with E-state index in [9.17, 15) is 9.18 Å². The number of hydrogen-bond acceptors (Lipinski definition) is 3. The number of amides is 1. The molecule has 3 rings (SSSR count). The first-order chi connectivity index (χ1) is 9.56. The molecule has 20 heavy (non-hydrogen) atoms. The Morgan fingerprint density at radius 1 is 1.40 bits per heavy atom. The van der Waals surface area contributed by atoms with Crippen molar-refractivity contribution in [1.82, 2.24) is 4.90 Å². The van der Waals surface area contributed by atoms with E-state index in [4.69, 9.17) is 5.73 Å². The van der Waals surface area contributed by atoms with Crippen molar-refractivity contribution >= 4 is 11.6 Å². The first-order valence-corrected chi connectivity index (χ1v) is 7.15. The second-order valence-electron chi connectivity index (χ2n) is 5.72. The van der Waals surface area contributed by atoms with E-state index in [1.165, 1.54) is 12.1 Å². The molecule has 0 aromatic heterocycles. The predicted molar refractivity (Wildman–Crippen MR) is 76.0 cm³/mol. The molecule has 108 valence electrons. The van der Waals surface area contributed by atoms with Gasteiger partial charge in [0.25, 0.3) is 0 Å². The number of fused-ring (bicyclic) bond motifs is 1. The summed E-state index contributed by atoms with van der Waals surface area (Å²) in [6, 6.07) is 4.89. The van der Waals surface area contributed by atoms with Crippen LogP contribution in [0.2, 0.25) is 0 Å². The fraction of sp³-hybridized carbons (Fsp3) is 0.533. The number of nitrogens with zero attached hydrogens (tertiary/aromatic N) is 2. The average Bonchev–Trinajstić information content (AvgIpc) is 2.80. The van der Waals surface area contributed by atoms with Crippen LogP contribution in [0.3, 0.4) is 0 Å². The van der Waals surface area contributed by atoms with Crippen molar-refractivity contribution in [1.29, 1.82) is 0 Å². The van der Waals surface area contributed by atoms with Gasteiger partial charge in [0.05, 0.1) is 0 Å². The average molecular weight is 277 g/mol. The molecule has 5 heteroatoms. The number of rotatable bonds is 2.